The molecule has 34 heavy (non-hydrogen) atoms. The molecule has 8 heteroatoms. The summed E-state index contributed by atoms with van der Waals surface area (Å²) in [4.78, 5) is 23.7. The maximum Gasteiger partial charge on any atom is 0.247 e. The van der Waals surface area contributed by atoms with E-state index in [9.17, 15) is 9.18 Å². The number of nitrogens with zero attached hydrogens (tertiary/aromatic N) is 3. The molecule has 2 aliphatic heterocycles. The molecule has 7 nitrogen and oxygen atoms in total. The van der Waals surface area contributed by atoms with Crippen molar-refractivity contribution in [2.45, 2.75) is 46.1 Å². The summed E-state index contributed by atoms with van der Waals surface area (Å²) >= 11 is 0. The highest BCUT2D eigenvalue weighted by Crippen LogP contribution is 2.37. The maximum absolute atomic E-state index is 13.3. The average molecular weight is 462 g/mol. The van der Waals surface area contributed by atoms with E-state index in [0.717, 1.165) is 33.8 Å². The Morgan fingerprint density at radius 1 is 1.21 bits per heavy atom. The number of hydrogen-bond acceptors (Lipinski definition) is 6. The van der Waals surface area contributed by atoms with Crippen LogP contribution in [-0.2, 0) is 22.7 Å². The highest BCUT2D eigenvalue weighted by molar-refractivity contribution is 6.03. The van der Waals surface area contributed by atoms with Crippen LogP contribution in [0.3, 0.4) is 0 Å². The van der Waals surface area contributed by atoms with Crippen molar-refractivity contribution >= 4 is 23.4 Å². The molecule has 2 atom stereocenters. The molecule has 0 spiro atoms. The Morgan fingerprint density at radius 2 is 1.97 bits per heavy atom. The van der Waals surface area contributed by atoms with E-state index in [2.05, 4.69) is 33.8 Å². The number of likely N-dealkylation sites (N-methyl/N-ethyl adjacent to an activating group) is 1. The van der Waals surface area contributed by atoms with Crippen molar-refractivity contribution in [1.82, 2.24) is 9.97 Å². The Kier molecular flexibility index (Phi) is 5.69. The van der Waals surface area contributed by atoms with Crippen molar-refractivity contribution in [3.05, 3.63) is 76.2 Å². The minimum Gasteiger partial charge on any atom is -0.364 e. The number of fused-ring (bicyclic) bond motifs is 2. The number of ether oxygens (including phenoxy) is 1. The van der Waals surface area contributed by atoms with Crippen LogP contribution in [0.1, 0.15) is 47.9 Å². The van der Waals surface area contributed by atoms with E-state index in [1.54, 1.807) is 12.1 Å². The fraction of sp³-hybridized carbons (Fsp3) is 0.346. The van der Waals surface area contributed by atoms with Gasteiger partial charge in [-0.3, -0.25) is 4.79 Å². The van der Waals surface area contributed by atoms with Crippen LogP contribution in [-0.4, -0.2) is 29.0 Å². The smallest absolute Gasteiger partial charge is 0.247 e. The third kappa shape index (κ3) is 3.98. The van der Waals surface area contributed by atoms with Gasteiger partial charge in [-0.2, -0.15) is 4.98 Å². The van der Waals surface area contributed by atoms with Crippen LogP contribution in [0.2, 0.25) is 0 Å². The molecule has 2 aromatic carbocycles. The number of aryl methyl sites for hydroxylation is 1. The lowest BCUT2D eigenvalue weighted by Gasteiger charge is -2.36. The number of nitrogens with one attached hydrogen (secondary N) is 2. The predicted octanol–water partition coefficient (Wildman–Crippen LogP) is 4.57. The molecule has 2 N–H and O–H groups in total. The van der Waals surface area contributed by atoms with E-state index in [4.69, 9.17) is 9.72 Å². The Labute approximate surface area is 198 Å². The number of aromatic nitrogens is 2. The van der Waals surface area contributed by atoms with Crippen molar-refractivity contribution in [2.24, 2.45) is 5.92 Å². The van der Waals surface area contributed by atoms with Crippen molar-refractivity contribution in [2.75, 3.05) is 22.6 Å². The zero-order valence-electron chi connectivity index (χ0n) is 19.7. The van der Waals surface area contributed by atoms with Crippen LogP contribution in [0.5, 0.6) is 0 Å². The lowest BCUT2D eigenvalue weighted by molar-refractivity contribution is -0.118. The van der Waals surface area contributed by atoms with Gasteiger partial charge < -0.3 is 20.3 Å². The molecule has 0 fully saturated rings. The number of carbonyl (C=O) groups excluding carboxylic acids is 1. The number of hydrogen-bond donors (Lipinski definition) is 2. The van der Waals surface area contributed by atoms with Crippen LogP contribution >= 0.6 is 0 Å². The number of benzene rings is 2. The van der Waals surface area contributed by atoms with Gasteiger partial charge in [0.25, 0.3) is 0 Å². The Morgan fingerprint density at radius 3 is 2.71 bits per heavy atom. The van der Waals surface area contributed by atoms with E-state index in [-0.39, 0.29) is 29.8 Å². The Balaban J connectivity index is 1.33. The normalized spacial score (nSPS) is 19.1. The van der Waals surface area contributed by atoms with Gasteiger partial charge >= 0.3 is 0 Å². The van der Waals surface area contributed by atoms with Crippen molar-refractivity contribution in [3.8, 4) is 0 Å². The van der Waals surface area contributed by atoms with Crippen LogP contribution in [0.4, 0.5) is 21.8 Å². The lowest BCUT2D eigenvalue weighted by Crippen LogP contribution is -2.49. The zero-order chi connectivity index (χ0) is 24.0. The third-order valence-electron chi connectivity index (χ3n) is 6.49. The second kappa shape index (κ2) is 8.68. The minimum absolute atomic E-state index is 0.0308. The van der Waals surface area contributed by atoms with Crippen molar-refractivity contribution < 1.29 is 13.9 Å². The summed E-state index contributed by atoms with van der Waals surface area (Å²) in [5, 5.41) is 6.30. The monoisotopic (exact) mass is 461 g/mol. The highest BCUT2D eigenvalue weighted by Gasteiger charge is 2.35. The second-order valence-corrected chi connectivity index (χ2v) is 9.25. The molecule has 0 bridgehead atoms. The summed E-state index contributed by atoms with van der Waals surface area (Å²) < 4.78 is 19.3. The van der Waals surface area contributed by atoms with Gasteiger partial charge in [0.1, 0.15) is 23.7 Å². The summed E-state index contributed by atoms with van der Waals surface area (Å²) in [5.74, 6) is 1.10. The van der Waals surface area contributed by atoms with Gasteiger partial charge in [-0.25, -0.2) is 9.37 Å². The molecule has 0 radical (unpaired) electrons. The van der Waals surface area contributed by atoms with E-state index < -0.39 is 0 Å². The topological polar surface area (TPSA) is 79.4 Å². The average Bonchev–Trinajstić information content (AvgIpc) is 3.22. The molecule has 1 amide bonds. The van der Waals surface area contributed by atoms with Crippen LogP contribution in [0.15, 0.2) is 42.5 Å². The van der Waals surface area contributed by atoms with Gasteiger partial charge in [-0.05, 0) is 47.2 Å². The summed E-state index contributed by atoms with van der Waals surface area (Å²) in [7, 11) is 1.90. The van der Waals surface area contributed by atoms with E-state index in [1.165, 1.54) is 12.1 Å². The molecule has 0 saturated carbocycles. The first-order valence-electron chi connectivity index (χ1n) is 11.5. The fourth-order valence-corrected chi connectivity index (χ4v) is 4.80. The first-order valence-corrected chi connectivity index (χ1v) is 11.5. The molecule has 3 aromatic rings. The molecule has 0 unspecified atom stereocenters. The maximum atomic E-state index is 13.3. The number of anilines is 3. The van der Waals surface area contributed by atoms with E-state index in [0.29, 0.717) is 24.8 Å². The van der Waals surface area contributed by atoms with Crippen molar-refractivity contribution in [1.29, 1.82) is 0 Å². The summed E-state index contributed by atoms with van der Waals surface area (Å²) in [6.07, 6.45) is -0.177. The fourth-order valence-electron chi connectivity index (χ4n) is 4.80. The molecule has 5 rings (SSSR count). The molecule has 2 aliphatic rings. The second-order valence-electron chi connectivity index (χ2n) is 9.25. The van der Waals surface area contributed by atoms with Gasteiger partial charge in [0.2, 0.25) is 11.9 Å². The van der Waals surface area contributed by atoms with E-state index in [1.807, 2.05) is 32.7 Å². The lowest BCUT2D eigenvalue weighted by atomic mass is 9.97. The predicted molar refractivity (Wildman–Crippen MR) is 129 cm³/mol. The highest BCUT2D eigenvalue weighted by atomic mass is 19.1. The van der Waals surface area contributed by atoms with Crippen LogP contribution in [0, 0.1) is 18.7 Å². The summed E-state index contributed by atoms with van der Waals surface area (Å²) in [6, 6.07) is 12.4. The summed E-state index contributed by atoms with van der Waals surface area (Å²) in [5.41, 5.74) is 5.64. The molecule has 176 valence electrons. The number of rotatable bonds is 5. The first-order chi connectivity index (χ1) is 16.3. The largest absolute Gasteiger partial charge is 0.364 e. The summed E-state index contributed by atoms with van der Waals surface area (Å²) in [6.45, 7) is 6.99. The quantitative estimate of drug-likeness (QED) is 0.580. The molecular weight excluding hydrogens is 433 g/mol. The molecule has 1 aromatic heterocycles. The molecule has 0 saturated heterocycles. The molecular formula is C26H28FN5O2. The SMILES string of the molecule is Cc1nc(NCc2ccc3c(c2)CO[C@@H]3c2ccc(F)cc2)nc2c1NC(=O)[C@H](C(C)C)N2C. The minimum atomic E-state index is -0.277. The van der Waals surface area contributed by atoms with Gasteiger partial charge in [0, 0.05) is 13.6 Å². The number of carbonyl (C=O) groups is 1. The van der Waals surface area contributed by atoms with Crippen LogP contribution < -0.4 is 15.5 Å². The number of halogens is 1. The van der Waals surface area contributed by atoms with Crippen LogP contribution in [0.25, 0.3) is 0 Å². The standard InChI is InChI=1S/C26H28FN5O2/c1-14(2)22-25(33)30-21-15(3)29-26(31-24(21)32(22)4)28-12-16-5-10-20-18(11-16)13-34-23(20)17-6-8-19(27)9-7-17/h5-11,14,22-23H,12-13H2,1-4H3,(H,30,33)(H,28,29,31)/t22-,23+/m0/s1. The van der Waals surface area contributed by atoms with Gasteiger partial charge in [0.15, 0.2) is 5.82 Å². The Bertz CT molecular complexity index is 1240. The number of amides is 1. The first kappa shape index (κ1) is 22.3. The van der Waals surface area contributed by atoms with Crippen molar-refractivity contribution in [3.63, 3.8) is 0 Å². The van der Waals surface area contributed by atoms with E-state index >= 15 is 0 Å². The molecule has 0 aliphatic carbocycles. The van der Waals surface area contributed by atoms with Gasteiger partial charge in [0.05, 0.1) is 12.3 Å². The zero-order valence-corrected chi connectivity index (χ0v) is 19.7. The van der Waals surface area contributed by atoms with Gasteiger partial charge in [-0.15, -0.1) is 0 Å². The Hall–Kier alpha value is -3.52. The third-order valence-corrected chi connectivity index (χ3v) is 6.49. The molecule has 3 heterocycles. The van der Waals surface area contributed by atoms with Gasteiger partial charge in [-0.1, -0.05) is 44.2 Å².